The van der Waals surface area contributed by atoms with Gasteiger partial charge in [0.05, 0.1) is 0 Å². The summed E-state index contributed by atoms with van der Waals surface area (Å²) in [5.41, 5.74) is 8.99. The number of benzene rings is 4. The zero-order valence-corrected chi connectivity index (χ0v) is 19.6. The number of hydrogen-bond acceptors (Lipinski definition) is 0. The second kappa shape index (κ2) is 9.81. The summed E-state index contributed by atoms with van der Waals surface area (Å²) >= 11 is 6.04. The van der Waals surface area contributed by atoms with Gasteiger partial charge >= 0.3 is 194 Å². The van der Waals surface area contributed by atoms with Gasteiger partial charge in [0.1, 0.15) is 0 Å². The molecule has 0 radical (unpaired) electrons. The molecular weight excluding hydrogens is 494 g/mol. The number of hydrogen-bond donors (Lipinski definition) is 0. The topological polar surface area (TPSA) is 0 Å². The predicted octanol–water partition coefficient (Wildman–Crippen LogP) is 5.06. The molecule has 0 nitrogen and oxygen atoms in total. The van der Waals surface area contributed by atoms with Crippen molar-refractivity contribution in [3.8, 4) is 34.1 Å². The molecule has 4 aromatic rings. The Morgan fingerprint density at radius 2 is 0.867 bits per heavy atom. The van der Waals surface area contributed by atoms with Crippen molar-refractivity contribution in [2.75, 3.05) is 0 Å². The van der Waals surface area contributed by atoms with Gasteiger partial charge in [-0.25, -0.2) is 0 Å². The van der Waals surface area contributed by atoms with Crippen molar-refractivity contribution in [1.29, 1.82) is 0 Å². The quantitative estimate of drug-likeness (QED) is 0.265. The van der Waals surface area contributed by atoms with E-state index in [9.17, 15) is 0 Å². The zero-order valence-electron chi connectivity index (χ0n) is 16.2. The minimum atomic E-state index is 1.01. The number of rotatable bonds is 4. The van der Waals surface area contributed by atoms with Crippen LogP contribution in [0.2, 0.25) is 0 Å². The Kier molecular flexibility index (Phi) is 6.70. The first kappa shape index (κ1) is 20.5. The fourth-order valence-electron chi connectivity index (χ4n) is 3.30. The Bertz CT molecular complexity index is 1160. The van der Waals surface area contributed by atoms with Gasteiger partial charge in [0.25, 0.3) is 0 Å². The minimum absolute atomic E-state index is 1.01. The average molecular weight is 512 g/mol. The summed E-state index contributed by atoms with van der Waals surface area (Å²) in [7, 11) is 0. The summed E-state index contributed by atoms with van der Waals surface area (Å²) in [5.74, 6) is 6.72. The molecule has 4 aromatic carbocycles. The molecule has 0 atom stereocenters. The summed E-state index contributed by atoms with van der Waals surface area (Å²) < 4.78 is 0. The van der Waals surface area contributed by atoms with Gasteiger partial charge in [-0.2, -0.15) is 0 Å². The molecule has 0 fully saturated rings. The molecule has 30 heavy (non-hydrogen) atoms. The molecular formula is C28H18Se2. The van der Waals surface area contributed by atoms with Crippen LogP contribution < -0.4 is 0 Å². The average Bonchev–Trinajstić information content (AvgIpc) is 2.83. The van der Waals surface area contributed by atoms with E-state index in [1.165, 1.54) is 22.3 Å². The van der Waals surface area contributed by atoms with Crippen LogP contribution in [0.3, 0.4) is 0 Å². The van der Waals surface area contributed by atoms with E-state index in [0.717, 1.165) is 22.3 Å². The van der Waals surface area contributed by atoms with Crippen molar-refractivity contribution in [1.82, 2.24) is 0 Å². The van der Waals surface area contributed by atoms with Crippen LogP contribution in [0.4, 0.5) is 0 Å². The van der Waals surface area contributed by atoms with Crippen LogP contribution in [0.25, 0.3) is 22.3 Å². The van der Waals surface area contributed by atoms with E-state index >= 15 is 0 Å². The Morgan fingerprint density at radius 1 is 0.467 bits per heavy atom. The van der Waals surface area contributed by atoms with Crippen molar-refractivity contribution in [3.05, 3.63) is 119 Å². The van der Waals surface area contributed by atoms with Crippen LogP contribution in [0, 0.1) is 11.8 Å². The van der Waals surface area contributed by atoms with Gasteiger partial charge in [0.15, 0.2) is 0 Å². The molecule has 0 aliphatic heterocycles. The third kappa shape index (κ3) is 4.68. The zero-order chi connectivity index (χ0) is 20.8. The summed E-state index contributed by atoms with van der Waals surface area (Å²) in [6, 6.07) is 33.6. The van der Waals surface area contributed by atoms with Crippen molar-refractivity contribution < 1.29 is 0 Å². The van der Waals surface area contributed by atoms with Crippen molar-refractivity contribution >= 4 is 41.0 Å². The van der Waals surface area contributed by atoms with Crippen molar-refractivity contribution in [2.24, 2.45) is 0 Å². The summed E-state index contributed by atoms with van der Waals surface area (Å²) in [4.78, 5) is 3.99. The molecule has 2 heteroatoms. The molecule has 0 spiro atoms. The third-order valence-electron chi connectivity index (χ3n) is 4.90. The Morgan fingerprint density at radius 3 is 1.23 bits per heavy atom. The molecule has 142 valence electrons. The maximum atomic E-state index is 3.36. The van der Waals surface area contributed by atoms with Gasteiger partial charge in [0.2, 0.25) is 0 Å². The summed E-state index contributed by atoms with van der Waals surface area (Å²) in [6.07, 6.45) is 0. The Balaban J connectivity index is 1.68. The molecule has 0 aliphatic carbocycles. The molecule has 0 saturated carbocycles. The van der Waals surface area contributed by atoms with Crippen LogP contribution in [-0.2, 0) is 0 Å². The first-order valence-corrected chi connectivity index (χ1v) is 11.6. The van der Waals surface area contributed by atoms with Crippen LogP contribution in [0.5, 0.6) is 0 Å². The van der Waals surface area contributed by atoms with Gasteiger partial charge in [-0.05, 0) is 0 Å². The Hall–Kier alpha value is -2.78. The second-order valence-corrected chi connectivity index (χ2v) is 7.81. The van der Waals surface area contributed by atoms with Gasteiger partial charge in [-0.15, -0.1) is 0 Å². The fraction of sp³-hybridized carbons (Fsp3) is 0. The molecule has 0 bridgehead atoms. The van der Waals surface area contributed by atoms with Gasteiger partial charge in [-0.1, -0.05) is 0 Å². The molecule has 0 aliphatic rings. The maximum absolute atomic E-state index is 3.36. The molecule has 0 aromatic heterocycles. The van der Waals surface area contributed by atoms with Gasteiger partial charge in [0, 0.05) is 0 Å². The second-order valence-electron chi connectivity index (χ2n) is 6.82. The molecule has 0 N–H and O–H groups in total. The summed E-state index contributed by atoms with van der Waals surface area (Å²) in [6.45, 7) is 0. The van der Waals surface area contributed by atoms with Crippen LogP contribution in [-0.4, -0.2) is 41.0 Å². The van der Waals surface area contributed by atoms with E-state index in [2.05, 4.69) is 128 Å². The first-order valence-electron chi connectivity index (χ1n) is 9.60. The monoisotopic (exact) mass is 514 g/mol. The molecule has 0 saturated heterocycles. The van der Waals surface area contributed by atoms with Crippen LogP contribution >= 0.6 is 0 Å². The van der Waals surface area contributed by atoms with E-state index in [1.54, 1.807) is 0 Å². The Labute approximate surface area is 193 Å². The predicted molar refractivity (Wildman–Crippen MR) is 132 cm³/mol. The van der Waals surface area contributed by atoms with Gasteiger partial charge < -0.3 is 0 Å². The van der Waals surface area contributed by atoms with Crippen molar-refractivity contribution in [3.63, 3.8) is 0 Å². The van der Waals surface area contributed by atoms with E-state index < -0.39 is 0 Å². The van der Waals surface area contributed by atoms with Crippen molar-refractivity contribution in [2.45, 2.75) is 0 Å². The molecule has 4 rings (SSSR count). The fourth-order valence-corrected chi connectivity index (χ4v) is 4.12. The van der Waals surface area contributed by atoms with Crippen LogP contribution in [0.1, 0.15) is 22.3 Å². The van der Waals surface area contributed by atoms with Gasteiger partial charge in [-0.3, -0.25) is 0 Å². The molecule has 0 heterocycles. The molecule has 0 amide bonds. The third-order valence-corrected chi connectivity index (χ3v) is 5.97. The van der Waals surface area contributed by atoms with E-state index in [4.69, 9.17) is 0 Å². The first-order chi connectivity index (χ1) is 14.8. The van der Waals surface area contributed by atoms with E-state index in [0.29, 0.717) is 0 Å². The molecule has 0 unspecified atom stereocenters. The summed E-state index contributed by atoms with van der Waals surface area (Å²) in [5, 5.41) is 0. The normalized spacial score (nSPS) is 10.0. The van der Waals surface area contributed by atoms with Crippen LogP contribution in [0.15, 0.2) is 97.1 Å². The van der Waals surface area contributed by atoms with E-state index in [-0.39, 0.29) is 0 Å². The standard InChI is InChI=1S/C28H18Se2/c29-19-27-17-25(21-7-3-1-4-8-21)15-13-23(27)11-12-24-14-16-26(18-28(24)20-30)22-9-5-2-6-10-22/h1-10,13-20H. The van der Waals surface area contributed by atoms with E-state index in [1.807, 2.05) is 22.0 Å². The SMILES string of the molecule is [Se]=Cc1cc(-c2ccccc2)ccc1C#Cc1ccc(-c2ccccc2)cc1C=[Se].